The third kappa shape index (κ3) is 3.17. The number of nitrogens with one attached hydrogen (secondary N) is 2. The summed E-state index contributed by atoms with van der Waals surface area (Å²) in [6.45, 7) is 4.87. The van der Waals surface area contributed by atoms with Crippen LogP contribution in [0.5, 0.6) is 0 Å². The van der Waals surface area contributed by atoms with Crippen molar-refractivity contribution >= 4 is 17.2 Å². The van der Waals surface area contributed by atoms with Crippen LogP contribution in [-0.2, 0) is 36.0 Å². The topological polar surface area (TPSA) is 129 Å². The first-order chi connectivity index (χ1) is 16.3. The number of aromatic amines is 2. The molecule has 34 heavy (non-hydrogen) atoms. The van der Waals surface area contributed by atoms with Gasteiger partial charge < -0.3 is 9.88 Å². The minimum atomic E-state index is -0.487. The minimum Gasteiger partial charge on any atom is -0.348 e. The van der Waals surface area contributed by atoms with Crippen LogP contribution in [-0.4, -0.2) is 41.9 Å². The molecule has 0 saturated carbocycles. The van der Waals surface area contributed by atoms with Gasteiger partial charge in [0.05, 0.1) is 12.1 Å². The molecule has 4 heterocycles. The zero-order valence-corrected chi connectivity index (χ0v) is 18.9. The smallest absolute Gasteiger partial charge is 0.325 e. The average molecular weight is 457 g/mol. The van der Waals surface area contributed by atoms with Gasteiger partial charge in [-0.05, 0) is 30.5 Å². The van der Waals surface area contributed by atoms with Crippen LogP contribution >= 0.6 is 0 Å². The predicted molar refractivity (Wildman–Crippen MR) is 124 cm³/mol. The molecule has 4 aromatic rings. The molecule has 0 unspecified atom stereocenters. The molecule has 3 aromatic heterocycles. The van der Waals surface area contributed by atoms with E-state index in [0.717, 1.165) is 16.7 Å². The van der Waals surface area contributed by atoms with E-state index < -0.39 is 11.1 Å². The summed E-state index contributed by atoms with van der Waals surface area (Å²) in [7, 11) is 0. The monoisotopic (exact) mass is 457 g/mol. The molecule has 0 atom stereocenters. The Morgan fingerprint density at radius 3 is 2.85 bits per heavy atom. The summed E-state index contributed by atoms with van der Waals surface area (Å²) in [5.41, 5.74) is 3.73. The average Bonchev–Trinajstić information content (AvgIpc) is 3.30. The van der Waals surface area contributed by atoms with Gasteiger partial charge in [0, 0.05) is 49.3 Å². The lowest BCUT2D eigenvalue weighted by molar-refractivity contribution is -0.121. The van der Waals surface area contributed by atoms with Crippen molar-refractivity contribution in [2.24, 2.45) is 0 Å². The number of aromatic nitrogens is 6. The van der Waals surface area contributed by atoms with E-state index in [2.05, 4.69) is 26.1 Å². The van der Waals surface area contributed by atoms with E-state index in [1.807, 2.05) is 30.9 Å². The number of hydrogen-bond donors (Lipinski definition) is 2. The molecule has 0 amide bonds. The Morgan fingerprint density at radius 1 is 1.15 bits per heavy atom. The van der Waals surface area contributed by atoms with Crippen LogP contribution in [0, 0.1) is 0 Å². The number of Topliss-reactive ketones (excluding diaryl/α,β-unsaturated/α-hetero) is 1. The Morgan fingerprint density at radius 2 is 2.00 bits per heavy atom. The molecule has 1 aromatic carbocycles. The largest absolute Gasteiger partial charge is 0.348 e. The lowest BCUT2D eigenvalue weighted by atomic mass is 9.85. The molecule has 0 spiro atoms. The molecule has 1 aliphatic heterocycles. The lowest BCUT2D eigenvalue weighted by Gasteiger charge is -2.28. The zero-order valence-electron chi connectivity index (χ0n) is 18.9. The number of benzene rings is 1. The fourth-order valence-corrected chi connectivity index (χ4v) is 5.02. The summed E-state index contributed by atoms with van der Waals surface area (Å²) >= 11 is 0. The summed E-state index contributed by atoms with van der Waals surface area (Å²) in [5, 5.41) is 4.63. The summed E-state index contributed by atoms with van der Waals surface area (Å²) < 4.78 is 1.70. The van der Waals surface area contributed by atoms with Crippen LogP contribution in [0.15, 0.2) is 40.2 Å². The Balaban J connectivity index is 1.31. The van der Waals surface area contributed by atoms with Crippen molar-refractivity contribution in [1.82, 2.24) is 29.5 Å². The van der Waals surface area contributed by atoms with Crippen LogP contribution in [0.2, 0.25) is 0 Å². The van der Waals surface area contributed by atoms with E-state index in [0.29, 0.717) is 60.9 Å². The highest BCUT2D eigenvalue weighted by atomic mass is 16.2. The van der Waals surface area contributed by atoms with E-state index in [1.165, 1.54) is 0 Å². The summed E-state index contributed by atoms with van der Waals surface area (Å²) in [4.78, 5) is 52.5. The first kappa shape index (κ1) is 20.5. The number of H-pyrrole nitrogens is 2. The summed E-state index contributed by atoms with van der Waals surface area (Å²) in [6.07, 6.45) is 4.94. The second kappa shape index (κ2) is 7.21. The Hall–Kier alpha value is -4.08. The third-order valence-electron chi connectivity index (χ3n) is 6.94. The molecule has 10 nitrogen and oxygen atoms in total. The van der Waals surface area contributed by atoms with Crippen LogP contribution in [0.25, 0.3) is 5.65 Å². The standard InChI is InChI=1S/C24H23N7O3/c1-24(2)16-4-3-13(9-14(16)11-18(24)32)10-19-27-21-20(25-6-8-31(21)29-19)30-7-5-17-15(12-30)22(33)28-23(34)26-17/h3-4,6,8-9H,5,7,10-12H2,1-2H3,(H2,26,28,33,34). The molecule has 0 bridgehead atoms. The van der Waals surface area contributed by atoms with Gasteiger partial charge in [-0.2, -0.15) is 5.10 Å². The maximum atomic E-state index is 12.4. The van der Waals surface area contributed by atoms with Crippen molar-refractivity contribution in [2.75, 3.05) is 11.4 Å². The molecule has 6 rings (SSSR count). The van der Waals surface area contributed by atoms with Crippen molar-refractivity contribution in [3.05, 3.63) is 85.2 Å². The minimum absolute atomic E-state index is 0.243. The highest BCUT2D eigenvalue weighted by Gasteiger charge is 2.37. The molecule has 172 valence electrons. The second-order valence-electron chi connectivity index (χ2n) is 9.48. The molecular formula is C24H23N7O3. The van der Waals surface area contributed by atoms with Crippen LogP contribution in [0.1, 0.15) is 47.6 Å². The van der Waals surface area contributed by atoms with Crippen molar-refractivity contribution in [3.63, 3.8) is 0 Å². The normalized spacial score (nSPS) is 16.6. The lowest BCUT2D eigenvalue weighted by Crippen LogP contribution is -2.39. The third-order valence-corrected chi connectivity index (χ3v) is 6.94. The SMILES string of the molecule is CC1(C)C(=O)Cc2cc(Cc3nc4c(N5CCc6[nH]c(=O)[nH]c(=O)c6C5)nccn4n3)ccc21. The molecule has 0 fully saturated rings. The van der Waals surface area contributed by atoms with Gasteiger partial charge in [-0.25, -0.2) is 19.3 Å². The maximum Gasteiger partial charge on any atom is 0.325 e. The van der Waals surface area contributed by atoms with Crippen LogP contribution < -0.4 is 16.1 Å². The first-order valence-electron chi connectivity index (χ1n) is 11.2. The number of fused-ring (bicyclic) bond motifs is 3. The number of carbonyl (C=O) groups is 1. The van der Waals surface area contributed by atoms with Crippen molar-refractivity contribution < 1.29 is 4.79 Å². The van der Waals surface area contributed by atoms with Gasteiger partial charge in [0.1, 0.15) is 5.78 Å². The van der Waals surface area contributed by atoms with Gasteiger partial charge in [-0.1, -0.05) is 18.2 Å². The molecule has 0 saturated heterocycles. The molecule has 2 aliphatic rings. The van der Waals surface area contributed by atoms with E-state index >= 15 is 0 Å². The van der Waals surface area contributed by atoms with Gasteiger partial charge in [-0.15, -0.1) is 0 Å². The second-order valence-corrected chi connectivity index (χ2v) is 9.48. The van der Waals surface area contributed by atoms with Gasteiger partial charge >= 0.3 is 5.69 Å². The number of hydrogen-bond acceptors (Lipinski definition) is 7. The first-order valence-corrected chi connectivity index (χ1v) is 11.2. The highest BCUT2D eigenvalue weighted by molar-refractivity contribution is 5.95. The number of nitrogens with zero attached hydrogens (tertiary/aromatic N) is 5. The number of anilines is 1. The molecular weight excluding hydrogens is 434 g/mol. The fraction of sp³-hybridized carbons (Fsp3) is 0.333. The Kier molecular flexibility index (Phi) is 4.35. The number of rotatable bonds is 3. The van der Waals surface area contributed by atoms with Gasteiger partial charge in [0.15, 0.2) is 17.3 Å². The van der Waals surface area contributed by atoms with Gasteiger partial charge in [0.25, 0.3) is 5.56 Å². The van der Waals surface area contributed by atoms with Crippen molar-refractivity contribution in [3.8, 4) is 0 Å². The predicted octanol–water partition coefficient (Wildman–Crippen LogP) is 1.06. The zero-order chi connectivity index (χ0) is 23.6. The van der Waals surface area contributed by atoms with E-state index in [1.54, 1.807) is 16.9 Å². The highest BCUT2D eigenvalue weighted by Crippen LogP contribution is 2.36. The Labute approximate surface area is 193 Å². The van der Waals surface area contributed by atoms with Crippen LogP contribution in [0.4, 0.5) is 5.82 Å². The molecule has 1 aliphatic carbocycles. The van der Waals surface area contributed by atoms with Gasteiger partial charge in [-0.3, -0.25) is 14.6 Å². The molecule has 0 radical (unpaired) electrons. The number of ketones is 1. The van der Waals surface area contributed by atoms with Crippen molar-refractivity contribution in [2.45, 2.75) is 45.1 Å². The molecule has 10 heteroatoms. The quantitative estimate of drug-likeness (QED) is 0.471. The van der Waals surface area contributed by atoms with Crippen LogP contribution in [0.3, 0.4) is 0 Å². The summed E-state index contributed by atoms with van der Waals surface area (Å²) in [6, 6.07) is 6.17. The van der Waals surface area contributed by atoms with Crippen molar-refractivity contribution in [1.29, 1.82) is 0 Å². The fourth-order valence-electron chi connectivity index (χ4n) is 5.02. The maximum absolute atomic E-state index is 12.4. The van der Waals surface area contributed by atoms with E-state index in [4.69, 9.17) is 4.98 Å². The van der Waals surface area contributed by atoms with Gasteiger partial charge in [0.2, 0.25) is 0 Å². The summed E-state index contributed by atoms with van der Waals surface area (Å²) in [5.74, 6) is 1.53. The van der Waals surface area contributed by atoms with E-state index in [-0.39, 0.29) is 11.3 Å². The number of carbonyl (C=O) groups excluding carboxylic acids is 1. The Bertz CT molecular complexity index is 1590. The van der Waals surface area contributed by atoms with E-state index in [9.17, 15) is 14.4 Å². The molecule has 2 N–H and O–H groups in total.